The van der Waals surface area contributed by atoms with E-state index in [0.717, 1.165) is 6.42 Å². The first-order valence-corrected chi connectivity index (χ1v) is 9.17. The van der Waals surface area contributed by atoms with Crippen molar-refractivity contribution in [3.63, 3.8) is 0 Å². The van der Waals surface area contributed by atoms with E-state index in [1.54, 1.807) is 0 Å². The van der Waals surface area contributed by atoms with Crippen LogP contribution in [0.1, 0.15) is 13.3 Å². The van der Waals surface area contributed by atoms with Crippen LogP contribution in [0.2, 0.25) is 0 Å². The Kier molecular flexibility index (Phi) is 4.41. The van der Waals surface area contributed by atoms with E-state index < -0.39 is 10.0 Å². The number of sulfonamides is 1. The SMILES string of the molecule is COc1cc2c(cc1S(=O)(=O)N1CC(CN)CC1C)OCC(=O)N2. The molecule has 2 atom stereocenters. The fraction of sp³-hybridized carbons (Fsp3) is 0.533. The van der Waals surface area contributed by atoms with Crippen LogP contribution in [-0.4, -0.2) is 51.5 Å². The van der Waals surface area contributed by atoms with Gasteiger partial charge in [0.05, 0.1) is 12.8 Å². The molecule has 2 aliphatic heterocycles. The van der Waals surface area contributed by atoms with Crippen LogP contribution in [-0.2, 0) is 14.8 Å². The molecule has 0 spiro atoms. The molecule has 0 radical (unpaired) electrons. The lowest BCUT2D eigenvalue weighted by atomic mass is 10.1. The van der Waals surface area contributed by atoms with Crippen molar-refractivity contribution in [1.29, 1.82) is 0 Å². The minimum Gasteiger partial charge on any atom is -0.495 e. The molecule has 1 amide bonds. The second kappa shape index (κ2) is 6.23. The van der Waals surface area contributed by atoms with E-state index >= 15 is 0 Å². The van der Waals surface area contributed by atoms with Gasteiger partial charge in [-0.1, -0.05) is 0 Å². The molecule has 2 aliphatic rings. The zero-order valence-corrected chi connectivity index (χ0v) is 14.4. The molecule has 0 aromatic heterocycles. The molecule has 1 saturated heterocycles. The van der Waals surface area contributed by atoms with Gasteiger partial charge < -0.3 is 20.5 Å². The van der Waals surface area contributed by atoms with E-state index in [-0.39, 0.29) is 35.1 Å². The maximum absolute atomic E-state index is 13.1. The summed E-state index contributed by atoms with van der Waals surface area (Å²) in [6, 6.07) is 2.75. The minimum atomic E-state index is -3.76. The van der Waals surface area contributed by atoms with Crippen LogP contribution in [0.25, 0.3) is 0 Å². The number of hydrogen-bond donors (Lipinski definition) is 2. The van der Waals surface area contributed by atoms with Gasteiger partial charge >= 0.3 is 0 Å². The summed E-state index contributed by atoms with van der Waals surface area (Å²) in [5, 5.41) is 2.64. The van der Waals surface area contributed by atoms with Gasteiger partial charge in [-0.15, -0.1) is 0 Å². The van der Waals surface area contributed by atoms with Gasteiger partial charge in [-0.3, -0.25) is 4.79 Å². The number of hydrogen-bond acceptors (Lipinski definition) is 6. The van der Waals surface area contributed by atoms with E-state index in [0.29, 0.717) is 24.5 Å². The van der Waals surface area contributed by atoms with E-state index in [9.17, 15) is 13.2 Å². The third-order valence-corrected chi connectivity index (χ3v) is 6.42. The lowest BCUT2D eigenvalue weighted by Crippen LogP contribution is -2.35. The molecule has 9 heteroatoms. The van der Waals surface area contributed by atoms with Gasteiger partial charge in [0.15, 0.2) is 6.61 Å². The number of rotatable bonds is 4. The third-order valence-electron chi connectivity index (χ3n) is 4.42. The topological polar surface area (TPSA) is 111 Å². The van der Waals surface area contributed by atoms with E-state index in [4.69, 9.17) is 15.2 Å². The molecular formula is C15H21N3O5S. The van der Waals surface area contributed by atoms with E-state index in [1.165, 1.54) is 23.5 Å². The number of nitrogens with two attached hydrogens (primary N) is 1. The van der Waals surface area contributed by atoms with Crippen molar-refractivity contribution in [2.75, 3.05) is 32.1 Å². The van der Waals surface area contributed by atoms with Gasteiger partial charge in [0.2, 0.25) is 10.0 Å². The van der Waals surface area contributed by atoms with Crippen LogP contribution in [0.4, 0.5) is 5.69 Å². The first kappa shape index (κ1) is 17.0. The molecule has 0 bridgehead atoms. The first-order valence-electron chi connectivity index (χ1n) is 7.73. The Bertz CT molecular complexity index is 765. The van der Waals surface area contributed by atoms with Crippen LogP contribution in [0.3, 0.4) is 0 Å². The molecule has 1 aromatic rings. The second-order valence-electron chi connectivity index (χ2n) is 6.10. The standard InChI is InChI=1S/C15H21N3O5S/c1-9-3-10(6-16)7-18(9)24(20,21)14-5-12-11(4-13(14)22-2)17-15(19)8-23-12/h4-5,9-10H,3,6-8,16H2,1-2H3,(H,17,19). The quantitative estimate of drug-likeness (QED) is 0.808. The van der Waals surface area contributed by atoms with Crippen molar-refractivity contribution < 1.29 is 22.7 Å². The van der Waals surface area contributed by atoms with E-state index in [1.807, 2.05) is 6.92 Å². The zero-order chi connectivity index (χ0) is 17.5. The Labute approximate surface area is 141 Å². The number of carbonyl (C=O) groups excluding carboxylic acids is 1. The average molecular weight is 355 g/mol. The lowest BCUT2D eigenvalue weighted by molar-refractivity contribution is -0.118. The van der Waals surface area contributed by atoms with Gasteiger partial charge in [0.1, 0.15) is 16.4 Å². The minimum absolute atomic E-state index is 0.0319. The van der Waals surface area contributed by atoms with Crippen LogP contribution in [0, 0.1) is 5.92 Å². The molecule has 1 fully saturated rings. The fourth-order valence-corrected chi connectivity index (χ4v) is 5.06. The summed E-state index contributed by atoms with van der Waals surface area (Å²) < 4.78 is 38.2. The lowest BCUT2D eigenvalue weighted by Gasteiger charge is -2.24. The molecule has 0 aliphatic carbocycles. The summed E-state index contributed by atoms with van der Waals surface area (Å²) in [4.78, 5) is 11.4. The van der Waals surface area contributed by atoms with Crippen LogP contribution < -0.4 is 20.5 Å². The van der Waals surface area contributed by atoms with E-state index in [2.05, 4.69) is 5.32 Å². The van der Waals surface area contributed by atoms with Crippen LogP contribution in [0.5, 0.6) is 11.5 Å². The molecule has 132 valence electrons. The van der Waals surface area contributed by atoms with Crippen LogP contribution in [0.15, 0.2) is 17.0 Å². The maximum Gasteiger partial charge on any atom is 0.262 e. The zero-order valence-electron chi connectivity index (χ0n) is 13.6. The highest BCUT2D eigenvalue weighted by molar-refractivity contribution is 7.89. The van der Waals surface area contributed by atoms with Gasteiger partial charge in [-0.25, -0.2) is 8.42 Å². The molecule has 24 heavy (non-hydrogen) atoms. The van der Waals surface area contributed by atoms with Crippen LogP contribution >= 0.6 is 0 Å². The molecule has 1 aromatic carbocycles. The number of nitrogens with one attached hydrogen (secondary N) is 1. The normalized spacial score (nSPS) is 24.2. The average Bonchev–Trinajstić information content (AvgIpc) is 2.95. The molecule has 8 nitrogen and oxygen atoms in total. The van der Waals surface area contributed by atoms with Crippen molar-refractivity contribution >= 4 is 21.6 Å². The summed E-state index contributed by atoms with van der Waals surface area (Å²) in [5.41, 5.74) is 6.09. The molecule has 3 N–H and O–H groups in total. The summed E-state index contributed by atoms with van der Waals surface area (Å²) in [6.45, 7) is 2.56. The smallest absolute Gasteiger partial charge is 0.262 e. The monoisotopic (exact) mass is 355 g/mol. The van der Waals surface area contributed by atoms with Gasteiger partial charge in [0, 0.05) is 24.7 Å². The Morgan fingerprint density at radius 3 is 2.83 bits per heavy atom. The predicted molar refractivity (Wildman–Crippen MR) is 87.6 cm³/mol. The molecular weight excluding hydrogens is 334 g/mol. The van der Waals surface area contributed by atoms with Crippen molar-refractivity contribution in [1.82, 2.24) is 4.31 Å². The fourth-order valence-electron chi connectivity index (χ4n) is 3.19. The number of ether oxygens (including phenoxy) is 2. The molecule has 2 unspecified atom stereocenters. The van der Waals surface area contributed by atoms with Crippen molar-refractivity contribution in [2.45, 2.75) is 24.3 Å². The third kappa shape index (κ3) is 2.83. The first-order chi connectivity index (χ1) is 11.4. The maximum atomic E-state index is 13.1. The predicted octanol–water partition coefficient (Wildman–Crippen LogP) is 0.384. The number of benzene rings is 1. The number of amides is 1. The van der Waals surface area contributed by atoms with Crippen molar-refractivity contribution in [3.05, 3.63) is 12.1 Å². The van der Waals surface area contributed by atoms with Crippen molar-refractivity contribution in [2.24, 2.45) is 11.7 Å². The Hall–Kier alpha value is -1.84. The molecule has 0 saturated carbocycles. The second-order valence-corrected chi connectivity index (χ2v) is 7.96. The number of carbonyl (C=O) groups is 1. The molecule has 3 rings (SSSR count). The Morgan fingerprint density at radius 2 is 2.21 bits per heavy atom. The summed E-state index contributed by atoms with van der Waals surface area (Å²) in [6.07, 6.45) is 0.732. The number of nitrogens with zero attached hydrogens (tertiary/aromatic N) is 1. The summed E-state index contributed by atoms with van der Waals surface area (Å²) >= 11 is 0. The summed E-state index contributed by atoms with van der Waals surface area (Å²) in [5.74, 6) is 0.340. The van der Waals surface area contributed by atoms with Gasteiger partial charge in [-0.2, -0.15) is 4.31 Å². The summed E-state index contributed by atoms with van der Waals surface area (Å²) in [7, 11) is -2.37. The Morgan fingerprint density at radius 1 is 1.46 bits per heavy atom. The largest absolute Gasteiger partial charge is 0.495 e. The highest BCUT2D eigenvalue weighted by Crippen LogP contribution is 2.40. The number of methoxy groups -OCH3 is 1. The Balaban J connectivity index is 2.03. The van der Waals surface area contributed by atoms with Gasteiger partial charge in [-0.05, 0) is 25.8 Å². The highest BCUT2D eigenvalue weighted by atomic mass is 32.2. The van der Waals surface area contributed by atoms with Gasteiger partial charge in [0.25, 0.3) is 5.91 Å². The molecule has 2 heterocycles. The number of anilines is 1. The highest BCUT2D eigenvalue weighted by Gasteiger charge is 2.39. The van der Waals surface area contributed by atoms with Crippen molar-refractivity contribution in [3.8, 4) is 11.5 Å². The number of fused-ring (bicyclic) bond motifs is 1.